The van der Waals surface area contributed by atoms with Crippen LogP contribution in [0, 0.1) is 10.1 Å². The highest BCUT2D eigenvalue weighted by molar-refractivity contribution is 5.89. The number of carboxylic acids is 2. The first-order valence-corrected chi connectivity index (χ1v) is 9.49. The maximum Gasteiger partial charge on any atom is 0.328 e. The lowest BCUT2D eigenvalue weighted by molar-refractivity contribution is -0.742. The summed E-state index contributed by atoms with van der Waals surface area (Å²) in [5, 5.41) is 42.3. The normalized spacial score (nSPS) is 9.79. The van der Waals surface area contributed by atoms with Gasteiger partial charge in [0.05, 0.1) is 19.7 Å². The van der Waals surface area contributed by atoms with Gasteiger partial charge >= 0.3 is 11.9 Å². The summed E-state index contributed by atoms with van der Waals surface area (Å²) in [6.45, 7) is 1.11. The molecule has 0 unspecified atom stereocenters. The predicted octanol–water partition coefficient (Wildman–Crippen LogP) is 2.19. The number of unbranched alkanes of at least 4 members (excludes halogenated alkanes) is 2. The third-order valence-corrected chi connectivity index (χ3v) is 3.70. The molecule has 2 aromatic rings. The van der Waals surface area contributed by atoms with Gasteiger partial charge < -0.3 is 35.3 Å². The lowest BCUT2D eigenvalue weighted by Gasteiger charge is -2.10. The SMILES string of the molecule is COc1cc2ccc(NCCCCCO)nc2cc1OC.O=C(O)/C=C/C(=O)O.O=[N+]([O-])O. The lowest BCUT2D eigenvalue weighted by atomic mass is 10.2. The van der Waals surface area contributed by atoms with Crippen LogP contribution in [0.25, 0.3) is 10.9 Å². The van der Waals surface area contributed by atoms with Crippen LogP contribution in [0.1, 0.15) is 19.3 Å². The van der Waals surface area contributed by atoms with Gasteiger partial charge in [-0.05, 0) is 37.5 Å². The fourth-order valence-corrected chi connectivity index (χ4v) is 2.32. The molecule has 0 spiro atoms. The summed E-state index contributed by atoms with van der Waals surface area (Å²) in [6.07, 6.45) is 4.00. The molecule has 0 amide bonds. The zero-order valence-electron chi connectivity index (χ0n) is 18.1. The second kappa shape index (κ2) is 16.5. The molecule has 0 bridgehead atoms. The molecule has 0 aliphatic heterocycles. The van der Waals surface area contributed by atoms with E-state index in [4.69, 9.17) is 40.1 Å². The van der Waals surface area contributed by atoms with Crippen molar-refractivity contribution in [2.24, 2.45) is 0 Å². The summed E-state index contributed by atoms with van der Waals surface area (Å²) >= 11 is 0. The van der Waals surface area contributed by atoms with Crippen molar-refractivity contribution >= 4 is 28.7 Å². The number of nitrogens with one attached hydrogen (secondary N) is 1. The molecule has 1 aromatic heterocycles. The topological polar surface area (TPSA) is 202 Å². The van der Waals surface area contributed by atoms with Crippen LogP contribution >= 0.6 is 0 Å². The lowest BCUT2D eigenvalue weighted by Crippen LogP contribution is -2.03. The molecule has 0 aliphatic rings. The van der Waals surface area contributed by atoms with Crippen molar-refractivity contribution < 1.29 is 44.7 Å². The van der Waals surface area contributed by atoms with E-state index in [1.54, 1.807) is 14.2 Å². The summed E-state index contributed by atoms with van der Waals surface area (Å²) in [6, 6.07) is 7.78. The molecule has 0 saturated carbocycles. The van der Waals surface area contributed by atoms with Crippen molar-refractivity contribution in [1.29, 1.82) is 0 Å². The van der Waals surface area contributed by atoms with Gasteiger partial charge in [0.25, 0.3) is 5.09 Å². The van der Waals surface area contributed by atoms with E-state index in [0.29, 0.717) is 23.7 Å². The highest BCUT2D eigenvalue weighted by Gasteiger charge is 2.07. The largest absolute Gasteiger partial charge is 0.493 e. The highest BCUT2D eigenvalue weighted by atomic mass is 16.9. The first kappa shape index (κ1) is 28.9. The second-order valence-electron chi connectivity index (χ2n) is 6.06. The zero-order valence-corrected chi connectivity index (χ0v) is 18.1. The number of aliphatic hydroxyl groups excluding tert-OH is 1. The molecule has 0 radical (unpaired) electrons. The minimum Gasteiger partial charge on any atom is -0.493 e. The van der Waals surface area contributed by atoms with Crippen molar-refractivity contribution in [3.8, 4) is 11.5 Å². The molecule has 1 aromatic carbocycles. The van der Waals surface area contributed by atoms with Gasteiger partial charge in [-0.15, -0.1) is 10.1 Å². The number of hydrogen-bond acceptors (Lipinski definition) is 9. The minimum atomic E-state index is -1.50. The summed E-state index contributed by atoms with van der Waals surface area (Å²) in [5.74, 6) is -0.285. The summed E-state index contributed by atoms with van der Waals surface area (Å²) in [7, 11) is 3.24. The van der Waals surface area contributed by atoms with E-state index >= 15 is 0 Å². The number of hydrogen-bond donors (Lipinski definition) is 5. The summed E-state index contributed by atoms with van der Waals surface area (Å²) < 4.78 is 10.6. The smallest absolute Gasteiger partial charge is 0.328 e. The van der Waals surface area contributed by atoms with Gasteiger partial charge in [0.2, 0.25) is 0 Å². The first-order valence-electron chi connectivity index (χ1n) is 9.49. The number of pyridine rings is 1. The summed E-state index contributed by atoms with van der Waals surface area (Å²) in [4.78, 5) is 32.0. The van der Waals surface area contributed by atoms with Crippen LogP contribution in [0.4, 0.5) is 5.82 Å². The van der Waals surface area contributed by atoms with Crippen molar-refractivity contribution in [2.45, 2.75) is 19.3 Å². The molecule has 0 saturated heterocycles. The van der Waals surface area contributed by atoms with Crippen molar-refractivity contribution in [2.75, 3.05) is 32.7 Å². The number of anilines is 1. The number of carboxylic acid groups (broad SMARTS) is 2. The number of fused-ring (bicyclic) bond motifs is 1. The van der Waals surface area contributed by atoms with Gasteiger partial charge in [0, 0.05) is 36.8 Å². The Morgan fingerprint density at radius 3 is 2.09 bits per heavy atom. The minimum absolute atomic E-state index is 0.260. The molecule has 0 atom stereocenters. The van der Waals surface area contributed by atoms with Crippen LogP contribution < -0.4 is 14.8 Å². The van der Waals surface area contributed by atoms with Gasteiger partial charge in [0.15, 0.2) is 11.5 Å². The van der Waals surface area contributed by atoms with Gasteiger partial charge in [-0.2, -0.15) is 0 Å². The zero-order chi connectivity index (χ0) is 25.2. The van der Waals surface area contributed by atoms with Gasteiger partial charge in [-0.25, -0.2) is 14.6 Å². The van der Waals surface area contributed by atoms with Crippen LogP contribution in [-0.2, 0) is 9.59 Å². The molecule has 1 heterocycles. The quantitative estimate of drug-likeness (QED) is 0.147. The number of benzene rings is 1. The van der Waals surface area contributed by atoms with Crippen molar-refractivity contribution in [3.05, 3.63) is 46.5 Å². The van der Waals surface area contributed by atoms with E-state index in [0.717, 1.165) is 42.5 Å². The Morgan fingerprint density at radius 1 is 1.06 bits per heavy atom. The number of carbonyl (C=O) groups is 2. The van der Waals surface area contributed by atoms with Gasteiger partial charge in [-0.3, -0.25) is 0 Å². The molecule has 5 N–H and O–H groups in total. The number of rotatable bonds is 10. The predicted molar refractivity (Wildman–Crippen MR) is 117 cm³/mol. The molecule has 182 valence electrons. The van der Waals surface area contributed by atoms with E-state index in [-0.39, 0.29) is 6.61 Å². The van der Waals surface area contributed by atoms with E-state index in [2.05, 4.69) is 10.3 Å². The molecular formula is C20H27N3O10. The summed E-state index contributed by atoms with van der Waals surface area (Å²) in [5.41, 5.74) is 0.869. The molecule has 13 heteroatoms. The highest BCUT2D eigenvalue weighted by Crippen LogP contribution is 2.31. The Bertz CT molecular complexity index is 914. The Kier molecular flexibility index (Phi) is 14.5. The van der Waals surface area contributed by atoms with Crippen LogP contribution in [0.5, 0.6) is 11.5 Å². The average Bonchev–Trinajstić information content (AvgIpc) is 2.76. The number of aliphatic hydroxyl groups is 1. The van der Waals surface area contributed by atoms with E-state index in [1.807, 2.05) is 24.3 Å². The average molecular weight is 469 g/mol. The first-order chi connectivity index (χ1) is 15.6. The van der Waals surface area contributed by atoms with Crippen LogP contribution in [0.15, 0.2) is 36.4 Å². The van der Waals surface area contributed by atoms with Crippen LogP contribution in [0.2, 0.25) is 0 Å². The van der Waals surface area contributed by atoms with Gasteiger partial charge in [0.1, 0.15) is 5.82 Å². The maximum atomic E-state index is 9.55. The molecule has 2 rings (SSSR count). The van der Waals surface area contributed by atoms with E-state index in [1.165, 1.54) is 0 Å². The second-order valence-corrected chi connectivity index (χ2v) is 6.06. The Hall–Kier alpha value is -4.13. The maximum absolute atomic E-state index is 9.55. The molecule has 33 heavy (non-hydrogen) atoms. The number of aromatic nitrogens is 1. The van der Waals surface area contributed by atoms with Crippen LogP contribution in [0.3, 0.4) is 0 Å². The standard InChI is InChI=1S/C16H22N2O3.C4H4O4.HNO3/c1-20-14-10-12-6-7-16(17-8-4-3-5-9-19)18-13(12)11-15(14)21-2;5-3(6)1-2-4(7)8;2-1(3)4/h6-7,10-11,19H,3-5,8-9H2,1-2H3,(H,17,18);1-2H,(H,5,6)(H,7,8);(H,2,3,4)/b;2-1+;. The fraction of sp³-hybridized carbons (Fsp3) is 0.350. The molecule has 0 aliphatic carbocycles. The number of nitrogens with zero attached hydrogens (tertiary/aromatic N) is 2. The monoisotopic (exact) mass is 469 g/mol. The Balaban J connectivity index is 0.000000709. The third-order valence-electron chi connectivity index (χ3n) is 3.70. The number of methoxy groups -OCH3 is 2. The van der Waals surface area contributed by atoms with E-state index < -0.39 is 17.0 Å². The number of ether oxygens (including phenoxy) is 2. The molecular weight excluding hydrogens is 442 g/mol. The van der Waals surface area contributed by atoms with E-state index in [9.17, 15) is 9.59 Å². The number of aliphatic carboxylic acids is 2. The Labute approximate surface area is 189 Å². The van der Waals surface area contributed by atoms with Gasteiger partial charge in [-0.1, -0.05) is 0 Å². The van der Waals surface area contributed by atoms with Crippen molar-refractivity contribution in [3.63, 3.8) is 0 Å². The third kappa shape index (κ3) is 13.7. The molecule has 13 nitrogen and oxygen atoms in total. The fourth-order valence-electron chi connectivity index (χ4n) is 2.32. The molecule has 0 fully saturated rings. The van der Waals surface area contributed by atoms with Crippen molar-refractivity contribution in [1.82, 2.24) is 4.98 Å². The Morgan fingerprint density at radius 2 is 1.61 bits per heavy atom. The van der Waals surface area contributed by atoms with Crippen LogP contribution in [-0.4, -0.2) is 69.9 Å².